The molecule has 1 unspecified atom stereocenters. The highest BCUT2D eigenvalue weighted by Crippen LogP contribution is 2.24. The highest BCUT2D eigenvalue weighted by molar-refractivity contribution is 7.98. The van der Waals surface area contributed by atoms with Gasteiger partial charge in [-0.15, -0.1) is 11.8 Å². The van der Waals surface area contributed by atoms with Crippen molar-refractivity contribution in [2.45, 2.75) is 43.9 Å². The lowest BCUT2D eigenvalue weighted by Gasteiger charge is -2.28. The highest BCUT2D eigenvalue weighted by atomic mass is 32.2. The Morgan fingerprint density at radius 3 is 2.67 bits per heavy atom. The molecule has 0 heterocycles. The maximum absolute atomic E-state index is 12.8. The number of hydrogen-bond donors (Lipinski definition) is 2. The van der Waals surface area contributed by atoms with E-state index in [4.69, 9.17) is 0 Å². The molecule has 148 valence electrons. The van der Waals surface area contributed by atoms with E-state index in [1.807, 2.05) is 42.5 Å². The average Bonchev–Trinajstić information content (AvgIpc) is 2.66. The van der Waals surface area contributed by atoms with Crippen molar-refractivity contribution in [2.75, 3.05) is 38.3 Å². The lowest BCUT2D eigenvalue weighted by Crippen LogP contribution is -3.11. The van der Waals surface area contributed by atoms with E-state index in [2.05, 4.69) is 18.3 Å². The molecule has 5 nitrogen and oxygen atoms in total. The normalized spacial score (nSPS) is 15.0. The van der Waals surface area contributed by atoms with Crippen LogP contribution in [0.3, 0.4) is 0 Å². The Morgan fingerprint density at radius 2 is 2.00 bits per heavy atom. The molecule has 2 rings (SSSR count). The molecule has 0 saturated heterocycles. The molecule has 1 aromatic carbocycles. The van der Waals surface area contributed by atoms with Crippen LogP contribution in [0.2, 0.25) is 0 Å². The van der Waals surface area contributed by atoms with Gasteiger partial charge in [0, 0.05) is 17.1 Å². The van der Waals surface area contributed by atoms with Gasteiger partial charge in [-0.2, -0.15) is 0 Å². The number of nitrogens with one attached hydrogen (secondary N) is 2. The van der Waals surface area contributed by atoms with Crippen molar-refractivity contribution in [3.63, 3.8) is 0 Å². The third kappa shape index (κ3) is 6.70. The minimum atomic E-state index is -0.0688. The fourth-order valence-corrected chi connectivity index (χ4v) is 3.90. The number of benzene rings is 1. The summed E-state index contributed by atoms with van der Waals surface area (Å²) >= 11 is 1.60. The summed E-state index contributed by atoms with van der Waals surface area (Å²) < 4.78 is 0. The van der Waals surface area contributed by atoms with Gasteiger partial charge in [0.05, 0.1) is 12.7 Å². The van der Waals surface area contributed by atoms with Crippen molar-refractivity contribution in [3.05, 3.63) is 36.0 Å². The molecule has 0 radical (unpaired) electrons. The zero-order chi connectivity index (χ0) is 19.6. The molecule has 1 atom stereocenters. The zero-order valence-corrected chi connectivity index (χ0v) is 17.5. The molecular formula is C21H32N3O2S+. The Labute approximate surface area is 167 Å². The maximum Gasteiger partial charge on any atom is 0.281 e. The molecule has 2 N–H and O–H groups in total. The molecule has 1 aromatic rings. The number of allylic oxidation sites excluding steroid dienone is 2. The number of rotatable bonds is 9. The maximum atomic E-state index is 12.8. The van der Waals surface area contributed by atoms with Crippen molar-refractivity contribution >= 4 is 29.3 Å². The molecule has 1 aliphatic rings. The minimum Gasteiger partial charge on any atom is -0.322 e. The van der Waals surface area contributed by atoms with Crippen molar-refractivity contribution in [1.82, 2.24) is 4.90 Å². The Hall–Kier alpha value is -1.79. The third-order valence-electron chi connectivity index (χ3n) is 4.66. The fourth-order valence-electron chi connectivity index (χ4n) is 3.35. The first-order chi connectivity index (χ1) is 13.0. The predicted molar refractivity (Wildman–Crippen MR) is 112 cm³/mol. The summed E-state index contributed by atoms with van der Waals surface area (Å²) in [6.45, 7) is 3.45. The predicted octanol–water partition coefficient (Wildman–Crippen LogP) is 2.56. The number of para-hydroxylation sites is 1. The number of amides is 2. The zero-order valence-electron chi connectivity index (χ0n) is 16.7. The first-order valence-electron chi connectivity index (χ1n) is 9.78. The number of likely N-dealkylation sites (N-methyl/N-ethyl adjacent to an activating group) is 1. The van der Waals surface area contributed by atoms with Gasteiger partial charge >= 0.3 is 0 Å². The summed E-state index contributed by atoms with van der Waals surface area (Å²) in [5, 5.41) is 2.97. The van der Waals surface area contributed by atoms with Gasteiger partial charge in [-0.1, -0.05) is 25.1 Å². The lowest BCUT2D eigenvalue weighted by atomic mass is 10.0. The summed E-state index contributed by atoms with van der Waals surface area (Å²) in [5.41, 5.74) is 1.99. The SMILES string of the molecule is CCCN(C(=O)C[NH+](C)CC(=O)Nc1ccccc1SC)C1=CCCCC1. The van der Waals surface area contributed by atoms with Crippen LogP contribution in [-0.2, 0) is 9.59 Å². The molecule has 0 spiro atoms. The molecule has 0 saturated carbocycles. The fraction of sp³-hybridized carbons (Fsp3) is 0.524. The van der Waals surface area contributed by atoms with Crippen molar-refractivity contribution in [2.24, 2.45) is 0 Å². The molecule has 0 fully saturated rings. The Kier molecular flexibility index (Phi) is 8.88. The molecule has 0 bridgehead atoms. The monoisotopic (exact) mass is 390 g/mol. The first-order valence-corrected chi connectivity index (χ1v) is 11.0. The van der Waals surface area contributed by atoms with E-state index in [0.717, 1.165) is 47.7 Å². The van der Waals surface area contributed by atoms with Crippen LogP contribution in [-0.4, -0.2) is 49.7 Å². The molecule has 6 heteroatoms. The average molecular weight is 391 g/mol. The Balaban J connectivity index is 1.90. The quantitative estimate of drug-likeness (QED) is 0.637. The van der Waals surface area contributed by atoms with Crippen molar-refractivity contribution < 1.29 is 14.5 Å². The molecule has 2 amide bonds. The standard InChI is InChI=1S/C21H31N3O2S/c1-4-14-24(17-10-6-5-7-11-17)21(26)16-23(2)15-20(25)22-18-12-8-9-13-19(18)27-3/h8-10,12-13H,4-7,11,14-16H2,1-3H3,(H,22,25)/p+1. The van der Waals surface area contributed by atoms with Crippen LogP contribution in [0.5, 0.6) is 0 Å². The van der Waals surface area contributed by atoms with E-state index < -0.39 is 0 Å². The van der Waals surface area contributed by atoms with Gasteiger partial charge in [0.2, 0.25) is 0 Å². The van der Waals surface area contributed by atoms with Gasteiger partial charge in [0.15, 0.2) is 13.1 Å². The summed E-state index contributed by atoms with van der Waals surface area (Å²) in [6.07, 6.45) is 9.54. The number of carbonyl (C=O) groups excluding carboxylic acids is 2. The van der Waals surface area contributed by atoms with Crippen LogP contribution >= 0.6 is 11.8 Å². The van der Waals surface area contributed by atoms with Gasteiger partial charge in [0.25, 0.3) is 11.8 Å². The summed E-state index contributed by atoms with van der Waals surface area (Å²) in [5.74, 6) is 0.0422. The van der Waals surface area contributed by atoms with E-state index in [0.29, 0.717) is 6.54 Å². The third-order valence-corrected chi connectivity index (χ3v) is 5.45. The highest BCUT2D eigenvalue weighted by Gasteiger charge is 2.23. The van der Waals surface area contributed by atoms with Gasteiger partial charge < -0.3 is 15.1 Å². The van der Waals surface area contributed by atoms with Crippen LogP contribution in [0, 0.1) is 0 Å². The van der Waals surface area contributed by atoms with Crippen LogP contribution in [0.4, 0.5) is 5.69 Å². The van der Waals surface area contributed by atoms with Gasteiger partial charge in [-0.05, 0) is 50.5 Å². The molecule has 0 aliphatic heterocycles. The summed E-state index contributed by atoms with van der Waals surface area (Å²) in [6, 6.07) is 7.76. The second-order valence-corrected chi connectivity index (χ2v) is 7.89. The van der Waals surface area contributed by atoms with Crippen molar-refractivity contribution in [3.8, 4) is 0 Å². The number of thioether (sulfide) groups is 1. The van der Waals surface area contributed by atoms with Gasteiger partial charge in [-0.3, -0.25) is 9.59 Å². The molecule has 27 heavy (non-hydrogen) atoms. The first kappa shape index (κ1) is 21.5. The second-order valence-electron chi connectivity index (χ2n) is 7.05. The topological polar surface area (TPSA) is 53.9 Å². The van der Waals surface area contributed by atoms with Crippen LogP contribution in [0.15, 0.2) is 40.9 Å². The summed E-state index contributed by atoms with van der Waals surface area (Å²) in [7, 11) is 1.90. The van der Waals surface area contributed by atoms with E-state index in [9.17, 15) is 9.59 Å². The van der Waals surface area contributed by atoms with Crippen LogP contribution < -0.4 is 10.2 Å². The van der Waals surface area contributed by atoms with E-state index >= 15 is 0 Å². The number of anilines is 1. The number of hydrogen-bond acceptors (Lipinski definition) is 3. The van der Waals surface area contributed by atoms with Gasteiger partial charge in [0.1, 0.15) is 0 Å². The van der Waals surface area contributed by atoms with Crippen LogP contribution in [0.1, 0.15) is 39.0 Å². The van der Waals surface area contributed by atoms with E-state index in [1.165, 1.54) is 12.1 Å². The smallest absolute Gasteiger partial charge is 0.281 e. The number of nitrogens with zero attached hydrogens (tertiary/aromatic N) is 1. The Bertz CT molecular complexity index is 675. The van der Waals surface area contributed by atoms with Crippen LogP contribution in [0.25, 0.3) is 0 Å². The largest absolute Gasteiger partial charge is 0.322 e. The van der Waals surface area contributed by atoms with E-state index in [-0.39, 0.29) is 18.4 Å². The molecular weight excluding hydrogens is 358 g/mol. The van der Waals surface area contributed by atoms with Gasteiger partial charge in [-0.25, -0.2) is 0 Å². The number of quaternary nitrogens is 1. The Morgan fingerprint density at radius 1 is 1.22 bits per heavy atom. The van der Waals surface area contributed by atoms with E-state index in [1.54, 1.807) is 11.8 Å². The lowest BCUT2D eigenvalue weighted by molar-refractivity contribution is -0.862. The number of carbonyl (C=O) groups is 2. The molecule has 0 aromatic heterocycles. The van der Waals surface area contributed by atoms with Crippen molar-refractivity contribution in [1.29, 1.82) is 0 Å². The minimum absolute atomic E-state index is 0.0688. The second kappa shape index (κ2) is 11.1. The summed E-state index contributed by atoms with van der Waals surface area (Å²) in [4.78, 5) is 29.1. The molecule has 1 aliphatic carbocycles.